The van der Waals surface area contributed by atoms with E-state index < -0.39 is 0 Å². The molecule has 0 aliphatic rings. The summed E-state index contributed by atoms with van der Waals surface area (Å²) < 4.78 is 13.8. The number of nitrogens with one attached hydrogen (secondary N) is 1. The van der Waals surface area contributed by atoms with Crippen molar-refractivity contribution in [1.29, 1.82) is 0 Å². The summed E-state index contributed by atoms with van der Waals surface area (Å²) in [4.78, 5) is 0. The maximum Gasteiger partial charge on any atom is 0.125 e. The first-order valence-electron chi connectivity index (χ1n) is 6.51. The number of rotatable bonds is 5. The molecule has 0 heterocycles. The molecule has 1 N–H and O–H groups in total. The van der Waals surface area contributed by atoms with E-state index in [1.54, 1.807) is 0 Å². The van der Waals surface area contributed by atoms with Crippen LogP contribution < -0.4 is 5.32 Å². The molecule has 2 aromatic carbocycles. The highest BCUT2D eigenvalue weighted by Crippen LogP contribution is 2.32. The van der Waals surface area contributed by atoms with Gasteiger partial charge in [-0.25, -0.2) is 4.39 Å². The van der Waals surface area contributed by atoms with E-state index in [1.165, 1.54) is 17.7 Å². The van der Waals surface area contributed by atoms with Crippen molar-refractivity contribution >= 4 is 33.2 Å². The average molecular weight is 357 g/mol. The van der Waals surface area contributed by atoms with Gasteiger partial charge in [0, 0.05) is 11.0 Å². The quantitative estimate of drug-likeness (QED) is 0.709. The maximum absolute atomic E-state index is 13.1. The number of anilines is 1. The van der Waals surface area contributed by atoms with Crippen LogP contribution in [0.3, 0.4) is 0 Å². The van der Waals surface area contributed by atoms with Crippen LogP contribution >= 0.6 is 27.5 Å². The Bertz CT molecular complexity index is 551. The summed E-state index contributed by atoms with van der Waals surface area (Å²) in [6, 6.07) is 13.1. The van der Waals surface area contributed by atoms with Gasteiger partial charge in [-0.15, -0.1) is 0 Å². The van der Waals surface area contributed by atoms with Crippen molar-refractivity contribution in [3.8, 4) is 0 Å². The van der Waals surface area contributed by atoms with Gasteiger partial charge in [0.05, 0.1) is 10.7 Å². The molecule has 0 saturated heterocycles. The molecule has 0 fully saturated rings. The average Bonchev–Trinajstić information content (AvgIpc) is 2.42. The van der Waals surface area contributed by atoms with E-state index in [4.69, 9.17) is 11.6 Å². The van der Waals surface area contributed by atoms with Crippen LogP contribution in [0, 0.1) is 5.82 Å². The van der Waals surface area contributed by atoms with Crippen LogP contribution in [-0.2, 0) is 0 Å². The zero-order chi connectivity index (χ0) is 14.5. The van der Waals surface area contributed by atoms with E-state index in [0.717, 1.165) is 18.7 Å². The lowest BCUT2D eigenvalue weighted by molar-refractivity contribution is 0.627. The molecule has 0 aromatic heterocycles. The van der Waals surface area contributed by atoms with Crippen LogP contribution in [0.4, 0.5) is 10.1 Å². The van der Waals surface area contributed by atoms with Gasteiger partial charge >= 0.3 is 0 Å². The number of halogens is 3. The predicted molar refractivity (Wildman–Crippen MR) is 87.1 cm³/mol. The first-order valence-corrected chi connectivity index (χ1v) is 7.68. The lowest BCUT2D eigenvalue weighted by atomic mass is 9.98. The molecule has 2 rings (SSSR count). The Morgan fingerprint density at radius 2 is 1.95 bits per heavy atom. The molecule has 1 nitrogen and oxygen atoms in total. The predicted octanol–water partition coefficient (Wildman–Crippen LogP) is 5.85. The second-order valence-corrected chi connectivity index (χ2v) is 6.03. The highest BCUT2D eigenvalue weighted by molar-refractivity contribution is 9.10. The zero-order valence-corrected chi connectivity index (χ0v) is 13.5. The highest BCUT2D eigenvalue weighted by atomic mass is 79.9. The van der Waals surface area contributed by atoms with Crippen LogP contribution in [0.15, 0.2) is 46.9 Å². The molecule has 0 radical (unpaired) electrons. The lowest BCUT2D eigenvalue weighted by Gasteiger charge is -2.15. The van der Waals surface area contributed by atoms with E-state index in [0.29, 0.717) is 15.4 Å². The van der Waals surface area contributed by atoms with Crippen molar-refractivity contribution in [1.82, 2.24) is 0 Å². The Kier molecular flexibility index (Phi) is 5.44. The Morgan fingerprint density at radius 3 is 2.60 bits per heavy atom. The van der Waals surface area contributed by atoms with E-state index in [2.05, 4.69) is 40.3 Å². The van der Waals surface area contributed by atoms with Gasteiger partial charge in [0.25, 0.3) is 0 Å². The lowest BCUT2D eigenvalue weighted by Crippen LogP contribution is -2.07. The van der Waals surface area contributed by atoms with Gasteiger partial charge in [0.15, 0.2) is 0 Å². The molecular formula is C16H16BrClFN. The molecule has 0 amide bonds. The van der Waals surface area contributed by atoms with Gasteiger partial charge in [-0.2, -0.15) is 0 Å². The van der Waals surface area contributed by atoms with E-state index in [-0.39, 0.29) is 5.82 Å². The van der Waals surface area contributed by atoms with Gasteiger partial charge in [0.1, 0.15) is 5.82 Å². The maximum atomic E-state index is 13.1. The fourth-order valence-corrected chi connectivity index (χ4v) is 3.03. The first kappa shape index (κ1) is 15.3. The SMILES string of the molecule is CC(CCNc1c(Cl)cc(F)cc1Br)c1ccccc1. The van der Waals surface area contributed by atoms with Crippen LogP contribution in [0.5, 0.6) is 0 Å². The molecule has 0 bridgehead atoms. The minimum absolute atomic E-state index is 0.343. The second-order valence-electron chi connectivity index (χ2n) is 4.77. The first-order chi connectivity index (χ1) is 9.58. The topological polar surface area (TPSA) is 12.0 Å². The van der Waals surface area contributed by atoms with Crippen molar-refractivity contribution in [2.45, 2.75) is 19.3 Å². The molecule has 20 heavy (non-hydrogen) atoms. The number of hydrogen-bond acceptors (Lipinski definition) is 1. The summed E-state index contributed by atoms with van der Waals surface area (Å²) in [5, 5.41) is 3.66. The standard InChI is InChI=1S/C16H16BrClFN/c1-11(12-5-3-2-4-6-12)7-8-20-16-14(17)9-13(19)10-15(16)18/h2-6,9-11,20H,7-8H2,1H3. The Labute approximate surface area is 132 Å². The van der Waals surface area contributed by atoms with Gasteiger partial charge in [0.2, 0.25) is 0 Å². The molecule has 4 heteroatoms. The largest absolute Gasteiger partial charge is 0.383 e. The minimum atomic E-state index is -0.343. The minimum Gasteiger partial charge on any atom is -0.383 e. The Balaban J connectivity index is 1.94. The number of benzene rings is 2. The van der Waals surface area contributed by atoms with Crippen LogP contribution in [-0.4, -0.2) is 6.54 Å². The fourth-order valence-electron chi connectivity index (χ4n) is 2.07. The van der Waals surface area contributed by atoms with Crippen LogP contribution in [0.2, 0.25) is 5.02 Å². The highest BCUT2D eigenvalue weighted by Gasteiger charge is 2.09. The molecule has 1 unspecified atom stereocenters. The van der Waals surface area contributed by atoms with Crippen molar-refractivity contribution in [2.24, 2.45) is 0 Å². The van der Waals surface area contributed by atoms with E-state index >= 15 is 0 Å². The third kappa shape index (κ3) is 3.97. The Hall–Kier alpha value is -1.06. The van der Waals surface area contributed by atoms with Crippen LogP contribution in [0.1, 0.15) is 24.8 Å². The molecule has 2 aromatic rings. The van der Waals surface area contributed by atoms with Crippen molar-refractivity contribution in [2.75, 3.05) is 11.9 Å². The summed E-state index contributed by atoms with van der Waals surface area (Å²) in [5.41, 5.74) is 2.06. The van der Waals surface area contributed by atoms with Crippen molar-refractivity contribution in [3.05, 3.63) is 63.3 Å². The molecule has 0 saturated carbocycles. The van der Waals surface area contributed by atoms with E-state index in [1.807, 2.05) is 18.2 Å². The summed E-state index contributed by atoms with van der Waals surface area (Å²) in [6.45, 7) is 2.97. The summed E-state index contributed by atoms with van der Waals surface area (Å²) in [7, 11) is 0. The molecule has 1 atom stereocenters. The molecule has 0 aliphatic heterocycles. The molecule has 106 valence electrons. The van der Waals surface area contributed by atoms with Crippen molar-refractivity contribution < 1.29 is 4.39 Å². The monoisotopic (exact) mass is 355 g/mol. The van der Waals surface area contributed by atoms with Gasteiger partial charge in [-0.05, 0) is 46.0 Å². The summed E-state index contributed by atoms with van der Waals surface area (Å²) in [5.74, 6) is 0.117. The fraction of sp³-hybridized carbons (Fsp3) is 0.250. The number of hydrogen-bond donors (Lipinski definition) is 1. The Morgan fingerprint density at radius 1 is 1.25 bits per heavy atom. The summed E-state index contributed by atoms with van der Waals surface area (Å²) in [6.07, 6.45) is 0.976. The van der Waals surface area contributed by atoms with Gasteiger partial charge in [-0.3, -0.25) is 0 Å². The van der Waals surface area contributed by atoms with Crippen LogP contribution in [0.25, 0.3) is 0 Å². The summed E-state index contributed by atoms with van der Waals surface area (Å²) >= 11 is 9.36. The molecule has 0 spiro atoms. The van der Waals surface area contributed by atoms with E-state index in [9.17, 15) is 4.39 Å². The third-order valence-corrected chi connectivity index (χ3v) is 4.18. The smallest absolute Gasteiger partial charge is 0.125 e. The molecular weight excluding hydrogens is 341 g/mol. The van der Waals surface area contributed by atoms with Gasteiger partial charge in [-0.1, -0.05) is 48.9 Å². The van der Waals surface area contributed by atoms with Gasteiger partial charge < -0.3 is 5.32 Å². The normalized spacial score (nSPS) is 12.2. The van der Waals surface area contributed by atoms with Crippen molar-refractivity contribution in [3.63, 3.8) is 0 Å². The molecule has 0 aliphatic carbocycles. The second kappa shape index (κ2) is 7.09. The third-order valence-electron chi connectivity index (χ3n) is 3.25. The zero-order valence-electron chi connectivity index (χ0n) is 11.2.